The van der Waals surface area contributed by atoms with Crippen molar-refractivity contribution in [3.05, 3.63) is 27.2 Å². The minimum atomic E-state index is -3.99. The standard InChI is InChI=1S/C10H10Cl3NO4S/c11-5-1-6(12)10(7(13)2-5)19(17,18)14-3-8(15)9(16)4-14/h1-2,8-9,15-16H,3-4H2. The van der Waals surface area contributed by atoms with Gasteiger partial charge >= 0.3 is 0 Å². The number of nitrogens with zero attached hydrogens (tertiary/aromatic N) is 1. The van der Waals surface area contributed by atoms with Gasteiger partial charge in [-0.15, -0.1) is 0 Å². The number of rotatable bonds is 2. The van der Waals surface area contributed by atoms with Gasteiger partial charge in [-0.2, -0.15) is 4.31 Å². The van der Waals surface area contributed by atoms with Gasteiger partial charge in [0.1, 0.15) is 4.90 Å². The molecule has 2 atom stereocenters. The highest BCUT2D eigenvalue weighted by Crippen LogP contribution is 2.35. The molecule has 106 valence electrons. The van der Waals surface area contributed by atoms with Gasteiger partial charge in [0.15, 0.2) is 0 Å². The lowest BCUT2D eigenvalue weighted by Gasteiger charge is -2.17. The third-order valence-corrected chi connectivity index (χ3v) is 5.76. The smallest absolute Gasteiger partial charge is 0.246 e. The number of β-amino-alcohol motifs (C(OH)–C–C–N with tert-alkyl or cyclic N) is 2. The maximum Gasteiger partial charge on any atom is 0.246 e. The number of hydrogen-bond donors (Lipinski definition) is 2. The van der Waals surface area contributed by atoms with Gasteiger partial charge in [0, 0.05) is 18.1 Å². The molecular weight excluding hydrogens is 337 g/mol. The molecule has 0 radical (unpaired) electrons. The van der Waals surface area contributed by atoms with Crippen molar-refractivity contribution in [1.29, 1.82) is 0 Å². The predicted molar refractivity (Wildman–Crippen MR) is 72.2 cm³/mol. The van der Waals surface area contributed by atoms with Crippen LogP contribution in [0.3, 0.4) is 0 Å². The fourth-order valence-electron chi connectivity index (χ4n) is 1.84. The van der Waals surface area contributed by atoms with Crippen LogP contribution in [0.2, 0.25) is 15.1 Å². The van der Waals surface area contributed by atoms with E-state index in [1.807, 2.05) is 0 Å². The van der Waals surface area contributed by atoms with E-state index in [1.165, 1.54) is 12.1 Å². The zero-order valence-electron chi connectivity index (χ0n) is 9.42. The van der Waals surface area contributed by atoms with Crippen LogP contribution in [0.4, 0.5) is 0 Å². The van der Waals surface area contributed by atoms with Gasteiger partial charge in [-0.3, -0.25) is 0 Å². The maximum atomic E-state index is 12.4. The summed E-state index contributed by atoms with van der Waals surface area (Å²) in [7, 11) is -3.99. The largest absolute Gasteiger partial charge is 0.389 e. The average molecular weight is 347 g/mol. The highest BCUT2D eigenvalue weighted by atomic mass is 35.5. The summed E-state index contributed by atoms with van der Waals surface area (Å²) in [6, 6.07) is 2.54. The van der Waals surface area contributed by atoms with Crippen LogP contribution in [0.1, 0.15) is 0 Å². The van der Waals surface area contributed by atoms with Crippen molar-refractivity contribution in [2.75, 3.05) is 13.1 Å². The summed E-state index contributed by atoms with van der Waals surface area (Å²) < 4.78 is 25.7. The molecule has 0 bridgehead atoms. The Hall–Kier alpha value is -0.0800. The van der Waals surface area contributed by atoms with Gasteiger partial charge in [0.25, 0.3) is 0 Å². The Morgan fingerprint density at radius 2 is 1.47 bits per heavy atom. The zero-order chi connectivity index (χ0) is 14.4. The van der Waals surface area contributed by atoms with Crippen LogP contribution in [0, 0.1) is 0 Å². The number of hydrogen-bond acceptors (Lipinski definition) is 4. The van der Waals surface area contributed by atoms with E-state index in [-0.39, 0.29) is 33.1 Å². The fraction of sp³-hybridized carbons (Fsp3) is 0.400. The summed E-state index contributed by atoms with van der Waals surface area (Å²) in [6.45, 7) is -0.419. The lowest BCUT2D eigenvalue weighted by atomic mass is 10.3. The summed E-state index contributed by atoms with van der Waals surface area (Å²) >= 11 is 17.5. The fourth-order valence-corrected chi connectivity index (χ4v) is 4.80. The van der Waals surface area contributed by atoms with Crippen molar-refractivity contribution in [2.45, 2.75) is 17.1 Å². The molecule has 2 unspecified atom stereocenters. The summed E-state index contributed by atoms with van der Waals surface area (Å²) in [5.41, 5.74) is 0. The molecule has 1 aromatic rings. The highest BCUT2D eigenvalue weighted by Gasteiger charge is 2.39. The summed E-state index contributed by atoms with van der Waals surface area (Å²) in [4.78, 5) is -0.276. The number of aliphatic hydroxyl groups excluding tert-OH is 2. The van der Waals surface area contributed by atoms with E-state index >= 15 is 0 Å². The Balaban J connectivity index is 2.47. The van der Waals surface area contributed by atoms with Crippen LogP contribution in [0.25, 0.3) is 0 Å². The molecule has 0 aromatic heterocycles. The van der Waals surface area contributed by atoms with E-state index < -0.39 is 22.2 Å². The molecule has 1 saturated heterocycles. The summed E-state index contributed by atoms with van der Waals surface area (Å²) in [6.07, 6.45) is -2.25. The second kappa shape index (κ2) is 5.37. The van der Waals surface area contributed by atoms with E-state index in [4.69, 9.17) is 34.8 Å². The molecule has 0 aliphatic carbocycles. The Morgan fingerprint density at radius 1 is 1.05 bits per heavy atom. The third-order valence-electron chi connectivity index (χ3n) is 2.79. The second-order valence-electron chi connectivity index (χ2n) is 4.16. The first-order chi connectivity index (χ1) is 8.73. The summed E-state index contributed by atoms with van der Waals surface area (Å²) in [5.74, 6) is 0. The lowest BCUT2D eigenvalue weighted by Crippen LogP contribution is -2.30. The predicted octanol–water partition coefficient (Wildman–Crippen LogP) is 1.37. The first-order valence-electron chi connectivity index (χ1n) is 5.24. The molecule has 1 aromatic carbocycles. The minimum absolute atomic E-state index is 0.103. The monoisotopic (exact) mass is 345 g/mol. The van der Waals surface area contributed by atoms with E-state index in [9.17, 15) is 18.6 Å². The molecule has 1 aliphatic rings. The Bertz CT molecular complexity index is 574. The van der Waals surface area contributed by atoms with Crippen LogP contribution in [0.5, 0.6) is 0 Å². The van der Waals surface area contributed by atoms with Gasteiger partial charge in [-0.25, -0.2) is 8.42 Å². The second-order valence-corrected chi connectivity index (χ2v) is 7.28. The van der Waals surface area contributed by atoms with Gasteiger partial charge in [0.05, 0.1) is 22.3 Å². The highest BCUT2D eigenvalue weighted by molar-refractivity contribution is 7.89. The third kappa shape index (κ3) is 2.85. The van der Waals surface area contributed by atoms with E-state index in [2.05, 4.69) is 0 Å². The Labute approximate surface area is 125 Å². The quantitative estimate of drug-likeness (QED) is 0.848. The van der Waals surface area contributed by atoms with Crippen LogP contribution in [-0.2, 0) is 10.0 Å². The topological polar surface area (TPSA) is 77.8 Å². The van der Waals surface area contributed by atoms with Crippen molar-refractivity contribution in [2.24, 2.45) is 0 Å². The zero-order valence-corrected chi connectivity index (χ0v) is 12.5. The van der Waals surface area contributed by atoms with Gasteiger partial charge in [0.2, 0.25) is 10.0 Å². The molecular formula is C10H10Cl3NO4S. The van der Waals surface area contributed by atoms with Crippen molar-refractivity contribution >= 4 is 44.8 Å². The van der Waals surface area contributed by atoms with Crippen LogP contribution in [-0.4, -0.2) is 48.2 Å². The molecule has 0 spiro atoms. The molecule has 9 heteroatoms. The number of sulfonamides is 1. The molecule has 1 aliphatic heterocycles. The van der Waals surface area contributed by atoms with Crippen molar-refractivity contribution in [3.8, 4) is 0 Å². The number of aliphatic hydroxyl groups is 2. The molecule has 1 heterocycles. The van der Waals surface area contributed by atoms with Crippen LogP contribution >= 0.6 is 34.8 Å². The normalized spacial score (nSPS) is 24.9. The molecule has 0 saturated carbocycles. The van der Waals surface area contributed by atoms with Crippen LogP contribution in [0.15, 0.2) is 17.0 Å². The summed E-state index contributed by atoms with van der Waals surface area (Å²) in [5, 5.41) is 18.8. The first-order valence-corrected chi connectivity index (χ1v) is 7.81. The Kier molecular flexibility index (Phi) is 4.32. The van der Waals surface area contributed by atoms with Crippen LogP contribution < -0.4 is 0 Å². The molecule has 2 rings (SSSR count). The lowest BCUT2D eigenvalue weighted by molar-refractivity contribution is 0.0572. The van der Waals surface area contributed by atoms with Crippen molar-refractivity contribution < 1.29 is 18.6 Å². The van der Waals surface area contributed by atoms with Gasteiger partial charge < -0.3 is 10.2 Å². The number of halogens is 3. The molecule has 19 heavy (non-hydrogen) atoms. The van der Waals surface area contributed by atoms with E-state index in [0.29, 0.717) is 0 Å². The molecule has 2 N–H and O–H groups in total. The average Bonchev–Trinajstić information content (AvgIpc) is 2.57. The first kappa shape index (κ1) is 15.3. The number of benzene rings is 1. The SMILES string of the molecule is O=S(=O)(c1c(Cl)cc(Cl)cc1Cl)N1CC(O)C(O)C1. The Morgan fingerprint density at radius 3 is 1.89 bits per heavy atom. The van der Waals surface area contributed by atoms with Gasteiger partial charge in [-0.1, -0.05) is 34.8 Å². The minimum Gasteiger partial charge on any atom is -0.389 e. The van der Waals surface area contributed by atoms with Crippen molar-refractivity contribution in [1.82, 2.24) is 4.31 Å². The van der Waals surface area contributed by atoms with E-state index in [0.717, 1.165) is 4.31 Å². The van der Waals surface area contributed by atoms with Gasteiger partial charge in [-0.05, 0) is 12.1 Å². The molecule has 5 nitrogen and oxygen atoms in total. The maximum absolute atomic E-state index is 12.4. The van der Waals surface area contributed by atoms with Crippen molar-refractivity contribution in [3.63, 3.8) is 0 Å². The van der Waals surface area contributed by atoms with E-state index in [1.54, 1.807) is 0 Å². The molecule has 1 fully saturated rings. The molecule has 0 amide bonds.